The van der Waals surface area contributed by atoms with Crippen LogP contribution in [0.4, 0.5) is 0 Å². The average molecular weight is 271 g/mol. The van der Waals surface area contributed by atoms with Crippen molar-refractivity contribution in [1.82, 2.24) is 9.78 Å². The normalized spacial score (nSPS) is 18.5. The largest absolute Gasteiger partial charge is 0.330 e. The number of nitrogens with zero attached hydrogens (tertiary/aromatic N) is 2. The Morgan fingerprint density at radius 2 is 1.95 bits per heavy atom. The molecule has 1 aliphatic carbocycles. The molecule has 1 aliphatic rings. The quantitative estimate of drug-likeness (QED) is 0.924. The molecule has 1 aromatic heterocycles. The SMILES string of the molecule is CCn1nc(CC2(CN)CCCCC2)c2ccccc21. The van der Waals surface area contributed by atoms with E-state index in [0.717, 1.165) is 19.5 Å². The molecule has 108 valence electrons. The van der Waals surface area contributed by atoms with Crippen molar-refractivity contribution < 1.29 is 0 Å². The number of hydrogen-bond acceptors (Lipinski definition) is 2. The van der Waals surface area contributed by atoms with Gasteiger partial charge in [-0.3, -0.25) is 4.68 Å². The smallest absolute Gasteiger partial charge is 0.0709 e. The third-order valence-electron chi connectivity index (χ3n) is 4.92. The molecule has 1 heterocycles. The van der Waals surface area contributed by atoms with Crippen molar-refractivity contribution in [3.05, 3.63) is 30.0 Å². The molecule has 0 amide bonds. The van der Waals surface area contributed by atoms with Crippen LogP contribution in [-0.4, -0.2) is 16.3 Å². The third kappa shape index (κ3) is 2.35. The summed E-state index contributed by atoms with van der Waals surface area (Å²) in [6.07, 6.45) is 7.57. The van der Waals surface area contributed by atoms with Gasteiger partial charge in [-0.15, -0.1) is 0 Å². The fraction of sp³-hybridized carbons (Fsp3) is 0.588. The zero-order valence-electron chi connectivity index (χ0n) is 12.4. The lowest BCUT2D eigenvalue weighted by Crippen LogP contribution is -2.35. The van der Waals surface area contributed by atoms with Crippen molar-refractivity contribution in [3.63, 3.8) is 0 Å². The van der Waals surface area contributed by atoms with Gasteiger partial charge in [0.2, 0.25) is 0 Å². The number of aryl methyl sites for hydroxylation is 1. The van der Waals surface area contributed by atoms with Crippen LogP contribution < -0.4 is 5.73 Å². The molecule has 0 atom stereocenters. The molecule has 1 fully saturated rings. The molecule has 0 bridgehead atoms. The highest BCUT2D eigenvalue weighted by atomic mass is 15.3. The van der Waals surface area contributed by atoms with Crippen LogP contribution in [0.2, 0.25) is 0 Å². The minimum atomic E-state index is 0.286. The number of fused-ring (bicyclic) bond motifs is 1. The lowest BCUT2D eigenvalue weighted by Gasteiger charge is -2.35. The highest BCUT2D eigenvalue weighted by Gasteiger charge is 2.32. The summed E-state index contributed by atoms with van der Waals surface area (Å²) >= 11 is 0. The second-order valence-electron chi connectivity index (χ2n) is 6.22. The van der Waals surface area contributed by atoms with Gasteiger partial charge in [-0.1, -0.05) is 37.5 Å². The summed E-state index contributed by atoms with van der Waals surface area (Å²) in [5.74, 6) is 0. The molecule has 0 unspecified atom stereocenters. The molecule has 0 radical (unpaired) electrons. The van der Waals surface area contributed by atoms with Crippen molar-refractivity contribution in [2.24, 2.45) is 11.1 Å². The maximum atomic E-state index is 6.13. The number of aromatic nitrogens is 2. The Morgan fingerprint density at radius 3 is 2.65 bits per heavy atom. The van der Waals surface area contributed by atoms with E-state index in [1.807, 2.05) is 0 Å². The molecule has 20 heavy (non-hydrogen) atoms. The van der Waals surface area contributed by atoms with Gasteiger partial charge in [0.25, 0.3) is 0 Å². The molecular formula is C17H25N3. The van der Waals surface area contributed by atoms with E-state index in [0.29, 0.717) is 0 Å². The first-order valence-corrected chi connectivity index (χ1v) is 7.92. The fourth-order valence-corrected chi connectivity index (χ4v) is 3.68. The predicted octanol–water partition coefficient (Wildman–Crippen LogP) is 3.51. The van der Waals surface area contributed by atoms with Crippen LogP contribution in [0.25, 0.3) is 10.9 Å². The maximum absolute atomic E-state index is 6.13. The first-order chi connectivity index (χ1) is 9.78. The molecule has 2 N–H and O–H groups in total. The van der Waals surface area contributed by atoms with E-state index < -0.39 is 0 Å². The van der Waals surface area contributed by atoms with Crippen molar-refractivity contribution >= 4 is 10.9 Å². The number of rotatable bonds is 4. The van der Waals surface area contributed by atoms with E-state index in [9.17, 15) is 0 Å². The second-order valence-corrected chi connectivity index (χ2v) is 6.22. The standard InChI is InChI=1S/C17H25N3/c1-2-20-16-9-5-4-8-14(16)15(19-20)12-17(13-18)10-6-3-7-11-17/h4-5,8-9H,2-3,6-7,10-13,18H2,1H3. The monoisotopic (exact) mass is 271 g/mol. The van der Waals surface area contributed by atoms with Gasteiger partial charge in [0, 0.05) is 11.9 Å². The van der Waals surface area contributed by atoms with Crippen LogP contribution in [0, 0.1) is 5.41 Å². The van der Waals surface area contributed by atoms with Crippen LogP contribution >= 0.6 is 0 Å². The molecule has 1 aromatic carbocycles. The summed E-state index contributed by atoms with van der Waals surface area (Å²) < 4.78 is 2.12. The molecule has 0 saturated heterocycles. The van der Waals surface area contributed by atoms with Gasteiger partial charge in [0.15, 0.2) is 0 Å². The minimum absolute atomic E-state index is 0.286. The Kier molecular flexibility index (Phi) is 3.79. The molecule has 3 heteroatoms. The highest BCUT2D eigenvalue weighted by molar-refractivity contribution is 5.82. The lowest BCUT2D eigenvalue weighted by atomic mass is 9.71. The van der Waals surface area contributed by atoms with Crippen LogP contribution in [0.15, 0.2) is 24.3 Å². The number of para-hydroxylation sites is 1. The van der Waals surface area contributed by atoms with E-state index in [-0.39, 0.29) is 5.41 Å². The third-order valence-corrected chi connectivity index (χ3v) is 4.92. The first kappa shape index (κ1) is 13.6. The Balaban J connectivity index is 1.97. The van der Waals surface area contributed by atoms with Gasteiger partial charge in [0.05, 0.1) is 11.2 Å². The summed E-state index contributed by atoms with van der Waals surface area (Å²) in [5, 5.41) is 6.17. The zero-order valence-corrected chi connectivity index (χ0v) is 12.4. The number of hydrogen-bond donors (Lipinski definition) is 1. The Bertz CT molecular complexity index is 579. The molecule has 3 nitrogen and oxygen atoms in total. The van der Waals surface area contributed by atoms with Gasteiger partial charge in [-0.25, -0.2) is 0 Å². The van der Waals surface area contributed by atoms with Crippen molar-refractivity contribution in [1.29, 1.82) is 0 Å². The summed E-state index contributed by atoms with van der Waals surface area (Å²) in [6.45, 7) is 3.87. The molecule has 0 aliphatic heterocycles. The van der Waals surface area contributed by atoms with E-state index in [4.69, 9.17) is 10.8 Å². The van der Waals surface area contributed by atoms with Crippen LogP contribution in [0.5, 0.6) is 0 Å². The molecule has 0 spiro atoms. The predicted molar refractivity (Wildman–Crippen MR) is 83.7 cm³/mol. The van der Waals surface area contributed by atoms with Crippen molar-refractivity contribution in [3.8, 4) is 0 Å². The topological polar surface area (TPSA) is 43.8 Å². The van der Waals surface area contributed by atoms with Gasteiger partial charge < -0.3 is 5.73 Å². The highest BCUT2D eigenvalue weighted by Crippen LogP contribution is 2.39. The van der Waals surface area contributed by atoms with E-state index in [1.165, 1.54) is 48.7 Å². The van der Waals surface area contributed by atoms with Gasteiger partial charge in [-0.2, -0.15) is 5.10 Å². The average Bonchev–Trinajstić information content (AvgIpc) is 2.86. The Hall–Kier alpha value is -1.35. The van der Waals surface area contributed by atoms with Crippen molar-refractivity contribution in [2.45, 2.75) is 52.0 Å². The second kappa shape index (κ2) is 5.57. The Labute approximate surface area is 121 Å². The van der Waals surface area contributed by atoms with E-state index in [2.05, 4.69) is 35.9 Å². The zero-order chi connectivity index (χ0) is 14.0. The van der Waals surface area contributed by atoms with Gasteiger partial charge >= 0.3 is 0 Å². The minimum Gasteiger partial charge on any atom is -0.330 e. The first-order valence-electron chi connectivity index (χ1n) is 7.92. The molecule has 2 aromatic rings. The fourth-order valence-electron chi connectivity index (χ4n) is 3.68. The van der Waals surface area contributed by atoms with Gasteiger partial charge in [0.1, 0.15) is 0 Å². The number of benzene rings is 1. The van der Waals surface area contributed by atoms with Crippen molar-refractivity contribution in [2.75, 3.05) is 6.54 Å². The van der Waals surface area contributed by atoms with Gasteiger partial charge in [-0.05, 0) is 44.2 Å². The van der Waals surface area contributed by atoms with E-state index in [1.54, 1.807) is 0 Å². The Morgan fingerprint density at radius 1 is 1.20 bits per heavy atom. The lowest BCUT2D eigenvalue weighted by molar-refractivity contribution is 0.195. The summed E-state index contributed by atoms with van der Waals surface area (Å²) in [6, 6.07) is 8.59. The molecular weight excluding hydrogens is 246 g/mol. The van der Waals surface area contributed by atoms with Crippen LogP contribution in [0.1, 0.15) is 44.7 Å². The molecule has 1 saturated carbocycles. The number of nitrogens with two attached hydrogens (primary N) is 1. The molecule has 3 rings (SSSR count). The maximum Gasteiger partial charge on any atom is 0.0709 e. The van der Waals surface area contributed by atoms with Crippen LogP contribution in [-0.2, 0) is 13.0 Å². The summed E-state index contributed by atoms with van der Waals surface area (Å²) in [4.78, 5) is 0. The van der Waals surface area contributed by atoms with E-state index >= 15 is 0 Å². The summed E-state index contributed by atoms with van der Waals surface area (Å²) in [7, 11) is 0. The van der Waals surface area contributed by atoms with Crippen LogP contribution in [0.3, 0.4) is 0 Å². The summed E-state index contributed by atoms with van der Waals surface area (Å²) in [5.41, 5.74) is 8.92.